The molecule has 4 aromatic rings. The van der Waals surface area contributed by atoms with Crippen LogP contribution in [0.5, 0.6) is 0 Å². The highest BCUT2D eigenvalue weighted by atomic mass is 16.5. The number of nitriles is 1. The van der Waals surface area contributed by atoms with Crippen LogP contribution in [0.25, 0.3) is 11.1 Å². The molecule has 2 aromatic heterocycles. The summed E-state index contributed by atoms with van der Waals surface area (Å²) in [5, 5.41) is 13.5. The molecule has 0 aliphatic carbocycles. The molecular weight excluding hydrogens is 526 g/mol. The van der Waals surface area contributed by atoms with Gasteiger partial charge in [-0.2, -0.15) is 15.3 Å². The Labute approximate surface area is 235 Å². The predicted octanol–water partition coefficient (Wildman–Crippen LogP) is 2.26. The van der Waals surface area contributed by atoms with Crippen LogP contribution in [-0.4, -0.2) is 27.0 Å². The zero-order valence-corrected chi connectivity index (χ0v) is 21.8. The smallest absolute Gasteiger partial charge is 0.336 e. The summed E-state index contributed by atoms with van der Waals surface area (Å²) in [6, 6.07) is 20.1. The maximum absolute atomic E-state index is 12.1. The van der Waals surface area contributed by atoms with E-state index in [2.05, 4.69) is 20.3 Å². The van der Waals surface area contributed by atoms with Gasteiger partial charge in [-0.3, -0.25) is 0 Å². The highest BCUT2D eigenvalue weighted by molar-refractivity contribution is 5.95. The van der Waals surface area contributed by atoms with Crippen molar-refractivity contribution < 1.29 is 14.3 Å². The number of hydrazine groups is 2. The molecule has 0 aliphatic rings. The van der Waals surface area contributed by atoms with Gasteiger partial charge in [0.05, 0.1) is 24.5 Å². The molecule has 4 amide bonds. The first-order chi connectivity index (χ1) is 19.8. The third-order valence-corrected chi connectivity index (χ3v) is 5.83. The van der Waals surface area contributed by atoms with Crippen molar-refractivity contribution in [2.24, 2.45) is 23.2 Å². The minimum absolute atomic E-state index is 0.0603. The van der Waals surface area contributed by atoms with E-state index in [1.165, 1.54) is 0 Å². The van der Waals surface area contributed by atoms with Crippen molar-refractivity contribution in [2.45, 2.75) is 19.8 Å². The summed E-state index contributed by atoms with van der Waals surface area (Å²) in [5.74, 6) is 11.3. The van der Waals surface area contributed by atoms with Gasteiger partial charge >= 0.3 is 12.1 Å². The van der Waals surface area contributed by atoms with E-state index in [9.17, 15) is 9.59 Å². The largest absolute Gasteiger partial charge is 0.381 e. The number of nitrogens with zero attached hydrogens (tertiary/aromatic N) is 6. The molecule has 208 valence electrons. The highest BCUT2D eigenvalue weighted by Crippen LogP contribution is 2.34. The number of carbonyl (C=O) groups excluding carboxylic acids is 2. The molecule has 4 rings (SSSR count). The Bertz CT molecular complexity index is 1570. The van der Waals surface area contributed by atoms with E-state index in [4.69, 9.17) is 33.2 Å². The summed E-state index contributed by atoms with van der Waals surface area (Å²) >= 11 is 0. The number of hydrogen-bond donors (Lipinski definition) is 5. The third kappa shape index (κ3) is 7.07. The van der Waals surface area contributed by atoms with E-state index in [1.807, 2.05) is 42.5 Å². The number of pyridine rings is 1. The molecule has 0 atom stereocenters. The van der Waals surface area contributed by atoms with Gasteiger partial charge in [-0.1, -0.05) is 42.5 Å². The highest BCUT2D eigenvalue weighted by Gasteiger charge is 2.25. The Morgan fingerprint density at radius 1 is 0.902 bits per heavy atom. The van der Waals surface area contributed by atoms with E-state index >= 15 is 0 Å². The number of ether oxygens (including phenoxy) is 1. The summed E-state index contributed by atoms with van der Waals surface area (Å²) in [6.07, 6.45) is 1.57. The van der Waals surface area contributed by atoms with E-state index < -0.39 is 12.1 Å². The molecule has 0 bridgehead atoms. The van der Waals surface area contributed by atoms with Crippen molar-refractivity contribution in [1.29, 1.82) is 5.26 Å². The molecular formula is C27H27N11O3. The normalized spacial score (nSPS) is 10.5. The van der Waals surface area contributed by atoms with Gasteiger partial charge in [0, 0.05) is 18.4 Å². The Hall–Kier alpha value is -5.62. The van der Waals surface area contributed by atoms with Crippen LogP contribution in [0.1, 0.15) is 22.5 Å². The molecule has 0 saturated carbocycles. The van der Waals surface area contributed by atoms with Gasteiger partial charge in [-0.15, -0.1) is 0 Å². The minimum atomic E-state index is -1.03. The number of primary amides is 2. The topological polar surface area (TPSA) is 228 Å². The fourth-order valence-corrected chi connectivity index (χ4v) is 3.81. The fraction of sp³-hybridized carbons (Fsp3) is 0.111. The maximum atomic E-state index is 12.1. The van der Waals surface area contributed by atoms with Crippen molar-refractivity contribution in [1.82, 2.24) is 15.0 Å². The van der Waals surface area contributed by atoms with E-state index in [0.717, 1.165) is 16.8 Å². The molecule has 0 aliphatic heterocycles. The number of aromatic nitrogens is 3. The van der Waals surface area contributed by atoms with Gasteiger partial charge in [0.2, 0.25) is 0 Å². The molecule has 0 spiro atoms. The number of urea groups is 2. The lowest BCUT2D eigenvalue weighted by molar-refractivity contribution is 0.105. The average Bonchev–Trinajstić information content (AvgIpc) is 2.99. The Morgan fingerprint density at radius 2 is 1.61 bits per heavy atom. The first-order valence-corrected chi connectivity index (χ1v) is 12.2. The molecule has 2 aromatic carbocycles. The van der Waals surface area contributed by atoms with Gasteiger partial charge in [-0.05, 0) is 41.0 Å². The Balaban J connectivity index is 1.69. The van der Waals surface area contributed by atoms with Crippen LogP contribution in [-0.2, 0) is 24.5 Å². The van der Waals surface area contributed by atoms with E-state index in [1.54, 1.807) is 36.5 Å². The molecule has 0 radical (unpaired) electrons. The number of nitrogens with one attached hydrogen (secondary N) is 1. The monoisotopic (exact) mass is 553 g/mol. The van der Waals surface area contributed by atoms with Crippen molar-refractivity contribution in [3.05, 3.63) is 95.4 Å². The first-order valence-electron chi connectivity index (χ1n) is 12.2. The average molecular weight is 554 g/mol. The fourth-order valence-electron chi connectivity index (χ4n) is 3.81. The number of benzene rings is 2. The van der Waals surface area contributed by atoms with Crippen LogP contribution >= 0.6 is 0 Å². The lowest BCUT2D eigenvalue weighted by Gasteiger charge is -2.22. The standard InChI is InChI=1S/C27H27N11O3/c28-13-21-12-18(10-11-33-21)14-34-20-8-6-19(7-9-20)23-22(16-41-15-17-4-2-1-3-5-17)35-27(38(32)26(30)40)36-24(23)37(31)25(29)39/h1-12,34H,14-16,31-32H2,(H2,29,39)(H2,30,40). The summed E-state index contributed by atoms with van der Waals surface area (Å²) in [6.45, 7) is 0.649. The van der Waals surface area contributed by atoms with Crippen molar-refractivity contribution in [3.63, 3.8) is 0 Å². The van der Waals surface area contributed by atoms with Gasteiger partial charge < -0.3 is 21.5 Å². The van der Waals surface area contributed by atoms with Gasteiger partial charge in [0.25, 0.3) is 5.95 Å². The number of amides is 4. The van der Waals surface area contributed by atoms with Gasteiger partial charge in [0.15, 0.2) is 5.82 Å². The predicted molar refractivity (Wildman–Crippen MR) is 151 cm³/mol. The number of hydrogen-bond acceptors (Lipinski definition) is 10. The van der Waals surface area contributed by atoms with Crippen molar-refractivity contribution >= 4 is 29.5 Å². The molecule has 2 heterocycles. The first kappa shape index (κ1) is 28.4. The zero-order valence-electron chi connectivity index (χ0n) is 21.8. The molecule has 9 N–H and O–H groups in total. The summed E-state index contributed by atoms with van der Waals surface area (Å²) in [4.78, 5) is 36.4. The second kappa shape index (κ2) is 13.0. The van der Waals surface area contributed by atoms with Crippen molar-refractivity contribution in [3.8, 4) is 17.2 Å². The van der Waals surface area contributed by atoms with E-state index in [0.29, 0.717) is 33.4 Å². The second-order valence-electron chi connectivity index (χ2n) is 8.66. The lowest BCUT2D eigenvalue weighted by Crippen LogP contribution is -2.45. The van der Waals surface area contributed by atoms with Crippen LogP contribution in [0.15, 0.2) is 72.9 Å². The summed E-state index contributed by atoms with van der Waals surface area (Å²) in [5.41, 5.74) is 14.9. The summed E-state index contributed by atoms with van der Waals surface area (Å²) < 4.78 is 5.91. The van der Waals surface area contributed by atoms with Crippen LogP contribution in [0.3, 0.4) is 0 Å². The Morgan fingerprint density at radius 3 is 2.27 bits per heavy atom. The lowest BCUT2D eigenvalue weighted by atomic mass is 10.0. The molecule has 0 saturated heterocycles. The van der Waals surface area contributed by atoms with Crippen molar-refractivity contribution in [2.75, 3.05) is 15.3 Å². The number of anilines is 3. The van der Waals surface area contributed by atoms with Crippen LogP contribution in [0.4, 0.5) is 27.0 Å². The number of rotatable bonds is 10. The molecule has 14 heteroatoms. The number of carbonyl (C=O) groups is 2. The zero-order chi connectivity index (χ0) is 29.4. The van der Waals surface area contributed by atoms with Gasteiger partial charge in [0.1, 0.15) is 11.8 Å². The molecule has 0 fully saturated rings. The van der Waals surface area contributed by atoms with Crippen LogP contribution < -0.4 is 38.5 Å². The summed E-state index contributed by atoms with van der Waals surface area (Å²) in [7, 11) is 0. The maximum Gasteiger partial charge on any atom is 0.336 e. The SMILES string of the molecule is N#Cc1cc(CNc2ccc(-c3c(COCc4ccccc4)nc(N(N)C(N)=O)nc3N(N)C(N)=O)cc2)ccn1. The number of nitrogens with two attached hydrogens (primary N) is 4. The third-order valence-electron chi connectivity index (χ3n) is 5.83. The quantitative estimate of drug-likeness (QED) is 0.109. The molecule has 0 unspecified atom stereocenters. The molecule has 41 heavy (non-hydrogen) atoms. The van der Waals surface area contributed by atoms with Crippen LogP contribution in [0.2, 0.25) is 0 Å². The van der Waals surface area contributed by atoms with Gasteiger partial charge in [-0.25, -0.2) is 36.3 Å². The second-order valence-corrected chi connectivity index (χ2v) is 8.66. The van der Waals surface area contributed by atoms with E-state index in [-0.39, 0.29) is 30.7 Å². The minimum Gasteiger partial charge on any atom is -0.381 e. The molecule has 14 nitrogen and oxygen atoms in total. The Kier molecular flexibility index (Phi) is 8.97. The van der Waals surface area contributed by atoms with Crippen LogP contribution in [0, 0.1) is 11.3 Å².